The van der Waals surface area contributed by atoms with Crippen LogP contribution in [0.4, 0.5) is 0 Å². The van der Waals surface area contributed by atoms with Crippen LogP contribution >= 0.6 is 27.3 Å². The predicted octanol–water partition coefficient (Wildman–Crippen LogP) is 3.24. The third kappa shape index (κ3) is 2.64. The Labute approximate surface area is 117 Å². The van der Waals surface area contributed by atoms with E-state index < -0.39 is 5.97 Å². The van der Waals surface area contributed by atoms with Gasteiger partial charge in [0.05, 0.1) is 22.7 Å². The Hall–Kier alpha value is -1.14. The molecular weight excluding hydrogens is 316 g/mol. The molecule has 1 N–H and O–H groups in total. The molecule has 96 valence electrons. The zero-order chi connectivity index (χ0) is 13.3. The first-order valence-electron chi connectivity index (χ1n) is 5.47. The second kappa shape index (κ2) is 5.24. The largest absolute Gasteiger partial charge is 0.481 e. The first kappa shape index (κ1) is 13.3. The normalized spacial score (nSPS) is 10.8. The predicted molar refractivity (Wildman–Crippen MR) is 74.9 cm³/mol. The molecule has 0 aliphatic rings. The third-order valence-corrected chi connectivity index (χ3v) is 4.42. The van der Waals surface area contributed by atoms with Crippen molar-refractivity contribution in [2.75, 3.05) is 0 Å². The van der Waals surface area contributed by atoms with Crippen molar-refractivity contribution < 1.29 is 9.90 Å². The van der Waals surface area contributed by atoms with Crippen LogP contribution in [0.15, 0.2) is 15.9 Å². The number of thiophene rings is 1. The van der Waals surface area contributed by atoms with Gasteiger partial charge in [-0.2, -0.15) is 0 Å². The van der Waals surface area contributed by atoms with E-state index in [1.165, 1.54) is 0 Å². The highest BCUT2D eigenvalue weighted by molar-refractivity contribution is 9.10. The Morgan fingerprint density at radius 3 is 2.89 bits per heavy atom. The molecule has 0 saturated carbocycles. The average molecular weight is 329 g/mol. The van der Waals surface area contributed by atoms with Gasteiger partial charge >= 0.3 is 5.97 Å². The number of hydrogen-bond donors (Lipinski definition) is 1. The molecule has 0 amide bonds. The first-order chi connectivity index (χ1) is 8.49. The summed E-state index contributed by atoms with van der Waals surface area (Å²) in [6.45, 7) is 1.95. The molecule has 0 radical (unpaired) electrons. The monoisotopic (exact) mass is 328 g/mol. The van der Waals surface area contributed by atoms with Crippen molar-refractivity contribution in [1.82, 2.24) is 9.55 Å². The number of carbonyl (C=O) groups is 1. The Kier molecular flexibility index (Phi) is 3.87. The maximum atomic E-state index is 10.6. The van der Waals surface area contributed by atoms with Crippen molar-refractivity contribution in [2.45, 2.75) is 19.8 Å². The molecule has 18 heavy (non-hydrogen) atoms. The summed E-state index contributed by atoms with van der Waals surface area (Å²) in [4.78, 5) is 16.2. The molecule has 2 heterocycles. The lowest BCUT2D eigenvalue weighted by atomic mass is 10.3. The second-order valence-corrected chi connectivity index (χ2v) is 5.87. The van der Waals surface area contributed by atoms with Gasteiger partial charge < -0.3 is 9.67 Å². The molecule has 0 aliphatic heterocycles. The van der Waals surface area contributed by atoms with Gasteiger partial charge in [0, 0.05) is 23.3 Å². The van der Waals surface area contributed by atoms with Crippen LogP contribution in [0.5, 0.6) is 0 Å². The molecule has 0 aliphatic carbocycles. The highest BCUT2D eigenvalue weighted by Crippen LogP contribution is 2.32. The number of rotatable bonds is 4. The van der Waals surface area contributed by atoms with Crippen LogP contribution in [-0.4, -0.2) is 20.6 Å². The van der Waals surface area contributed by atoms with Crippen molar-refractivity contribution in [3.63, 3.8) is 0 Å². The maximum absolute atomic E-state index is 10.6. The van der Waals surface area contributed by atoms with Crippen LogP contribution in [0.1, 0.15) is 17.9 Å². The molecule has 2 aromatic heterocycles. The van der Waals surface area contributed by atoms with Gasteiger partial charge in [-0.1, -0.05) is 0 Å². The van der Waals surface area contributed by atoms with E-state index in [0.717, 1.165) is 26.6 Å². The van der Waals surface area contributed by atoms with E-state index in [9.17, 15) is 4.79 Å². The smallest absolute Gasteiger partial charge is 0.303 e. The Bertz CT molecular complexity index is 589. The highest BCUT2D eigenvalue weighted by atomic mass is 79.9. The molecular formula is C12H13BrN2O2S. The molecule has 0 unspecified atom stereocenters. The van der Waals surface area contributed by atoms with E-state index in [0.29, 0.717) is 6.42 Å². The van der Waals surface area contributed by atoms with E-state index in [-0.39, 0.29) is 6.42 Å². The Balaban J connectivity index is 2.35. The molecule has 0 saturated heterocycles. The van der Waals surface area contributed by atoms with E-state index in [1.54, 1.807) is 11.3 Å². The topological polar surface area (TPSA) is 55.1 Å². The van der Waals surface area contributed by atoms with Crippen molar-refractivity contribution in [3.05, 3.63) is 27.4 Å². The van der Waals surface area contributed by atoms with Gasteiger partial charge in [-0.05, 0) is 28.9 Å². The first-order valence-corrected chi connectivity index (χ1v) is 7.14. The minimum atomic E-state index is -0.795. The summed E-state index contributed by atoms with van der Waals surface area (Å²) in [5, 5.41) is 10.7. The molecule has 0 fully saturated rings. The molecule has 2 rings (SSSR count). The number of carboxylic acid groups (broad SMARTS) is 1. The summed E-state index contributed by atoms with van der Waals surface area (Å²) in [7, 11) is 1.93. The lowest BCUT2D eigenvalue weighted by Crippen LogP contribution is -2.03. The molecule has 0 bridgehead atoms. The van der Waals surface area contributed by atoms with Crippen LogP contribution in [-0.2, 0) is 18.3 Å². The molecule has 2 aromatic rings. The number of aromatic nitrogens is 2. The molecule has 6 heteroatoms. The zero-order valence-corrected chi connectivity index (χ0v) is 12.5. The average Bonchev–Trinajstić information content (AvgIpc) is 2.81. The number of imidazole rings is 1. The minimum Gasteiger partial charge on any atom is -0.481 e. The number of hydrogen-bond acceptors (Lipinski definition) is 3. The van der Waals surface area contributed by atoms with E-state index in [1.807, 2.05) is 23.9 Å². The van der Waals surface area contributed by atoms with Gasteiger partial charge in [0.25, 0.3) is 0 Å². The summed E-state index contributed by atoms with van der Waals surface area (Å²) in [6, 6.07) is 2.05. The summed E-state index contributed by atoms with van der Waals surface area (Å²) in [5.74, 6) is 0.0190. The van der Waals surface area contributed by atoms with Gasteiger partial charge in [-0.25, -0.2) is 4.98 Å². The third-order valence-electron chi connectivity index (χ3n) is 2.73. The van der Waals surface area contributed by atoms with Crippen LogP contribution in [0.2, 0.25) is 0 Å². The van der Waals surface area contributed by atoms with Crippen molar-refractivity contribution in [1.29, 1.82) is 0 Å². The van der Waals surface area contributed by atoms with Crippen LogP contribution in [0.3, 0.4) is 0 Å². The van der Waals surface area contributed by atoms with Gasteiger partial charge in [0.1, 0.15) is 5.82 Å². The fourth-order valence-corrected chi connectivity index (χ4v) is 3.48. The number of halogens is 1. The summed E-state index contributed by atoms with van der Waals surface area (Å²) in [5.41, 5.74) is 2.00. The van der Waals surface area contributed by atoms with Gasteiger partial charge in [0.15, 0.2) is 0 Å². The summed E-state index contributed by atoms with van der Waals surface area (Å²) >= 11 is 5.08. The summed E-state index contributed by atoms with van der Waals surface area (Å²) < 4.78 is 3.03. The fraction of sp³-hybridized carbons (Fsp3) is 0.333. The molecule has 0 aromatic carbocycles. The van der Waals surface area contributed by atoms with Gasteiger partial charge in [-0.3, -0.25) is 4.79 Å². The standard InChI is InChI=1S/C12H13BrN2O2S/c1-7-12(9-5-8(13)6-18-9)15(2)10(14-7)3-4-11(16)17/h5-6H,3-4H2,1-2H3,(H,16,17). The van der Waals surface area contributed by atoms with E-state index in [4.69, 9.17) is 5.11 Å². The summed E-state index contributed by atoms with van der Waals surface area (Å²) in [6.07, 6.45) is 0.567. The molecule has 4 nitrogen and oxygen atoms in total. The maximum Gasteiger partial charge on any atom is 0.303 e. The van der Waals surface area contributed by atoms with Gasteiger partial charge in [0.2, 0.25) is 0 Å². The van der Waals surface area contributed by atoms with Crippen molar-refractivity contribution in [3.8, 4) is 10.6 Å². The zero-order valence-electron chi connectivity index (χ0n) is 10.1. The quantitative estimate of drug-likeness (QED) is 0.937. The SMILES string of the molecule is Cc1nc(CCC(=O)O)n(C)c1-c1cc(Br)cs1. The van der Waals surface area contributed by atoms with Crippen LogP contribution in [0.25, 0.3) is 10.6 Å². The minimum absolute atomic E-state index is 0.109. The van der Waals surface area contributed by atoms with Crippen LogP contribution in [0, 0.1) is 6.92 Å². The highest BCUT2D eigenvalue weighted by Gasteiger charge is 2.15. The van der Waals surface area contributed by atoms with E-state index >= 15 is 0 Å². The number of carboxylic acids is 1. The van der Waals surface area contributed by atoms with Crippen molar-refractivity contribution >= 4 is 33.2 Å². The second-order valence-electron chi connectivity index (χ2n) is 4.04. The van der Waals surface area contributed by atoms with Gasteiger partial charge in [-0.15, -0.1) is 11.3 Å². The number of nitrogens with zero attached hydrogens (tertiary/aromatic N) is 2. The Morgan fingerprint density at radius 1 is 1.61 bits per heavy atom. The number of aryl methyl sites for hydroxylation is 2. The lowest BCUT2D eigenvalue weighted by Gasteiger charge is -2.03. The number of aliphatic carboxylic acids is 1. The lowest BCUT2D eigenvalue weighted by molar-refractivity contribution is -0.137. The Morgan fingerprint density at radius 2 is 2.33 bits per heavy atom. The fourth-order valence-electron chi connectivity index (χ4n) is 1.92. The molecule has 0 spiro atoms. The van der Waals surface area contributed by atoms with Crippen LogP contribution < -0.4 is 0 Å². The van der Waals surface area contributed by atoms with E-state index in [2.05, 4.69) is 27.0 Å². The van der Waals surface area contributed by atoms with Crippen molar-refractivity contribution in [2.24, 2.45) is 7.05 Å². The molecule has 0 atom stereocenters.